The van der Waals surface area contributed by atoms with Crippen molar-refractivity contribution in [1.29, 1.82) is 0 Å². The predicted octanol–water partition coefficient (Wildman–Crippen LogP) is 2.36. The second kappa shape index (κ2) is 5.26. The van der Waals surface area contributed by atoms with E-state index in [1.54, 1.807) is 0 Å². The van der Waals surface area contributed by atoms with Crippen LogP contribution in [-0.4, -0.2) is 14.3 Å². The summed E-state index contributed by atoms with van der Waals surface area (Å²) in [7, 11) is -3.85. The van der Waals surface area contributed by atoms with Gasteiger partial charge in [0, 0.05) is 11.6 Å². The zero-order chi connectivity index (χ0) is 15.2. The van der Waals surface area contributed by atoms with Crippen LogP contribution in [0.4, 0.5) is 5.69 Å². The summed E-state index contributed by atoms with van der Waals surface area (Å²) in [5, 5.41) is 7.90. The van der Waals surface area contributed by atoms with E-state index in [4.69, 9.17) is 16.7 Å². The third-order valence-electron chi connectivity index (χ3n) is 4.58. The first-order valence-corrected chi connectivity index (χ1v) is 8.90. The Balaban J connectivity index is 1.74. The Hall–Kier alpha value is -1.11. The molecule has 1 aromatic rings. The van der Waals surface area contributed by atoms with Crippen molar-refractivity contribution in [3.8, 4) is 0 Å². The molecule has 3 rings (SSSR count). The minimum Gasteiger partial charge on any atom is -0.326 e. The average Bonchev–Trinajstić information content (AvgIpc) is 2.99. The molecule has 1 amide bonds. The van der Waals surface area contributed by atoms with E-state index in [2.05, 4.69) is 5.32 Å². The smallest absolute Gasteiger partial charge is 0.239 e. The minimum atomic E-state index is -3.85. The number of sulfonamides is 1. The number of nitrogens with two attached hydrogens (primary N) is 1. The van der Waals surface area contributed by atoms with E-state index in [0.29, 0.717) is 17.5 Å². The number of primary sulfonamides is 1. The van der Waals surface area contributed by atoms with Crippen molar-refractivity contribution in [3.63, 3.8) is 0 Å². The van der Waals surface area contributed by atoms with Crippen LogP contribution in [0.2, 0.25) is 5.02 Å². The molecule has 2 saturated carbocycles. The number of nitrogens with one attached hydrogen (secondary N) is 1. The van der Waals surface area contributed by atoms with Crippen molar-refractivity contribution in [2.45, 2.75) is 30.6 Å². The van der Waals surface area contributed by atoms with Crippen LogP contribution in [0, 0.1) is 17.8 Å². The lowest BCUT2D eigenvalue weighted by atomic mass is 9.88. The number of anilines is 1. The summed E-state index contributed by atoms with van der Waals surface area (Å²) in [4.78, 5) is 12.2. The van der Waals surface area contributed by atoms with Crippen molar-refractivity contribution < 1.29 is 13.2 Å². The molecule has 114 valence electrons. The molecule has 3 N–H and O–H groups in total. The number of amides is 1. The van der Waals surface area contributed by atoms with Crippen molar-refractivity contribution in [2.24, 2.45) is 22.9 Å². The van der Waals surface area contributed by atoms with E-state index in [-0.39, 0.29) is 21.7 Å². The normalized spacial score (nSPS) is 27.8. The van der Waals surface area contributed by atoms with Gasteiger partial charge < -0.3 is 5.32 Å². The standard InChI is InChI=1S/C14H17ClN2O3S/c15-12-7-10(3-4-13(12)21(16,19)20)17-14(18)11-6-8-1-2-9(11)5-8/h3-4,7-9,11H,1-2,5-6H2,(H,17,18)(H2,16,19,20). The molecule has 21 heavy (non-hydrogen) atoms. The molecule has 0 spiro atoms. The highest BCUT2D eigenvalue weighted by Gasteiger charge is 2.43. The van der Waals surface area contributed by atoms with Crippen LogP contribution >= 0.6 is 11.6 Å². The Morgan fingerprint density at radius 3 is 2.57 bits per heavy atom. The third-order valence-corrected chi connectivity index (χ3v) is 5.97. The Labute approximate surface area is 128 Å². The fourth-order valence-corrected chi connectivity index (χ4v) is 4.70. The topological polar surface area (TPSA) is 89.3 Å². The highest BCUT2D eigenvalue weighted by molar-refractivity contribution is 7.89. The minimum absolute atomic E-state index is 0.00150. The molecule has 0 radical (unpaired) electrons. The number of rotatable bonds is 3. The third kappa shape index (κ3) is 2.93. The van der Waals surface area contributed by atoms with Crippen LogP contribution in [0.1, 0.15) is 25.7 Å². The quantitative estimate of drug-likeness (QED) is 0.892. The van der Waals surface area contributed by atoms with Crippen molar-refractivity contribution in [2.75, 3.05) is 5.32 Å². The van der Waals surface area contributed by atoms with Crippen molar-refractivity contribution in [3.05, 3.63) is 23.2 Å². The molecule has 3 unspecified atom stereocenters. The fourth-order valence-electron chi connectivity index (χ4n) is 3.61. The van der Waals surface area contributed by atoms with Gasteiger partial charge >= 0.3 is 0 Å². The van der Waals surface area contributed by atoms with Crippen molar-refractivity contribution in [1.82, 2.24) is 0 Å². The number of carbonyl (C=O) groups is 1. The summed E-state index contributed by atoms with van der Waals surface area (Å²) in [5.41, 5.74) is 0.500. The highest BCUT2D eigenvalue weighted by Crippen LogP contribution is 2.48. The summed E-state index contributed by atoms with van der Waals surface area (Å²) < 4.78 is 22.6. The molecular formula is C14H17ClN2O3S. The first-order valence-electron chi connectivity index (χ1n) is 6.98. The van der Waals surface area contributed by atoms with Crippen LogP contribution in [0.5, 0.6) is 0 Å². The van der Waals surface area contributed by atoms with Crippen molar-refractivity contribution >= 4 is 33.2 Å². The summed E-state index contributed by atoms with van der Waals surface area (Å²) >= 11 is 5.91. The molecule has 2 aliphatic carbocycles. The van der Waals surface area contributed by atoms with E-state index in [1.165, 1.54) is 24.6 Å². The lowest BCUT2D eigenvalue weighted by molar-refractivity contribution is -0.121. The largest absolute Gasteiger partial charge is 0.326 e. The number of hydrogen-bond acceptors (Lipinski definition) is 3. The molecule has 0 aromatic heterocycles. The molecule has 2 fully saturated rings. The Morgan fingerprint density at radius 1 is 1.29 bits per heavy atom. The lowest BCUT2D eigenvalue weighted by Crippen LogP contribution is -2.27. The Kier molecular flexibility index (Phi) is 3.71. The predicted molar refractivity (Wildman–Crippen MR) is 80.4 cm³/mol. The van der Waals surface area contributed by atoms with Gasteiger partial charge in [-0.2, -0.15) is 0 Å². The van der Waals surface area contributed by atoms with Crippen LogP contribution in [0.15, 0.2) is 23.1 Å². The summed E-state index contributed by atoms with van der Waals surface area (Å²) in [6.45, 7) is 0. The monoisotopic (exact) mass is 328 g/mol. The number of carbonyl (C=O) groups excluding carboxylic acids is 1. The van der Waals surface area contributed by atoms with Crippen LogP contribution < -0.4 is 10.5 Å². The van der Waals surface area contributed by atoms with E-state index in [9.17, 15) is 13.2 Å². The van der Waals surface area contributed by atoms with Gasteiger partial charge in [-0.3, -0.25) is 4.79 Å². The van der Waals surface area contributed by atoms with Gasteiger partial charge in [-0.1, -0.05) is 18.0 Å². The number of fused-ring (bicyclic) bond motifs is 2. The molecular weight excluding hydrogens is 312 g/mol. The van der Waals surface area contributed by atoms with Gasteiger partial charge in [0.05, 0.1) is 5.02 Å². The highest BCUT2D eigenvalue weighted by atomic mass is 35.5. The molecule has 0 saturated heterocycles. The Bertz CT molecular complexity index is 689. The van der Waals surface area contributed by atoms with Crippen LogP contribution in [0.25, 0.3) is 0 Å². The average molecular weight is 329 g/mol. The fraction of sp³-hybridized carbons (Fsp3) is 0.500. The molecule has 2 bridgehead atoms. The van der Waals surface area contributed by atoms with E-state index in [1.807, 2.05) is 0 Å². The summed E-state index contributed by atoms with van der Waals surface area (Å²) in [6, 6.07) is 4.25. The number of hydrogen-bond donors (Lipinski definition) is 2. The number of benzene rings is 1. The van der Waals surface area contributed by atoms with Gasteiger partial charge in [0.2, 0.25) is 15.9 Å². The molecule has 0 heterocycles. The first-order chi connectivity index (χ1) is 9.84. The van der Waals surface area contributed by atoms with Crippen LogP contribution in [0.3, 0.4) is 0 Å². The van der Waals surface area contributed by atoms with Gasteiger partial charge in [0.25, 0.3) is 0 Å². The number of halogens is 1. The second-order valence-corrected chi connectivity index (χ2v) is 7.90. The van der Waals surface area contributed by atoms with Gasteiger partial charge in [-0.05, 0) is 49.3 Å². The van der Waals surface area contributed by atoms with Gasteiger partial charge in [-0.25, -0.2) is 13.6 Å². The summed E-state index contributed by atoms with van der Waals surface area (Å²) in [5.74, 6) is 1.26. The van der Waals surface area contributed by atoms with Gasteiger partial charge in [-0.15, -0.1) is 0 Å². The lowest BCUT2D eigenvalue weighted by Gasteiger charge is -2.20. The zero-order valence-electron chi connectivity index (χ0n) is 11.4. The molecule has 1 aromatic carbocycles. The molecule has 2 aliphatic rings. The molecule has 7 heteroatoms. The van der Waals surface area contributed by atoms with Crippen LogP contribution in [-0.2, 0) is 14.8 Å². The first kappa shape index (κ1) is 14.8. The Morgan fingerprint density at radius 2 is 2.05 bits per heavy atom. The van der Waals surface area contributed by atoms with E-state index in [0.717, 1.165) is 19.3 Å². The van der Waals surface area contributed by atoms with Gasteiger partial charge in [0.15, 0.2) is 0 Å². The SMILES string of the molecule is NS(=O)(=O)c1ccc(NC(=O)C2CC3CCC2C3)cc1Cl. The van der Waals surface area contributed by atoms with Gasteiger partial charge in [0.1, 0.15) is 4.90 Å². The van der Waals surface area contributed by atoms with E-state index < -0.39 is 10.0 Å². The summed E-state index contributed by atoms with van der Waals surface area (Å²) in [6.07, 6.45) is 4.49. The maximum Gasteiger partial charge on any atom is 0.239 e. The maximum absolute atomic E-state index is 12.3. The second-order valence-electron chi connectivity index (χ2n) is 5.96. The molecule has 0 aliphatic heterocycles. The van der Waals surface area contributed by atoms with E-state index >= 15 is 0 Å². The molecule has 5 nitrogen and oxygen atoms in total. The maximum atomic E-state index is 12.3. The molecule has 3 atom stereocenters. The zero-order valence-corrected chi connectivity index (χ0v) is 13.0.